The summed E-state index contributed by atoms with van der Waals surface area (Å²) in [6, 6.07) is 14.0. The highest BCUT2D eigenvalue weighted by Gasteiger charge is 2.30. The summed E-state index contributed by atoms with van der Waals surface area (Å²) in [5.74, 6) is 0.876. The number of allylic oxidation sites excluding steroid dienone is 1. The highest BCUT2D eigenvalue weighted by Crippen LogP contribution is 2.33. The molecule has 0 saturated carbocycles. The van der Waals surface area contributed by atoms with Crippen molar-refractivity contribution in [2.45, 2.75) is 52.2 Å². The smallest absolute Gasteiger partial charge is 0.260 e. The van der Waals surface area contributed by atoms with Gasteiger partial charge in [-0.1, -0.05) is 30.3 Å². The van der Waals surface area contributed by atoms with E-state index in [-0.39, 0.29) is 24.5 Å². The lowest BCUT2D eigenvalue weighted by Crippen LogP contribution is -2.43. The summed E-state index contributed by atoms with van der Waals surface area (Å²) in [7, 11) is 0. The Bertz CT molecular complexity index is 1070. The van der Waals surface area contributed by atoms with Crippen LogP contribution in [0, 0.1) is 19.8 Å². The zero-order valence-corrected chi connectivity index (χ0v) is 20.3. The topological polar surface area (TPSA) is 74.2 Å². The molecule has 0 aromatic heterocycles. The number of amides is 1. The molecule has 1 fully saturated rings. The van der Waals surface area contributed by atoms with Gasteiger partial charge in [0.2, 0.25) is 0 Å². The largest absolute Gasteiger partial charge is 0.484 e. The number of nitrogens with zero attached hydrogens (tertiary/aromatic N) is 2. The minimum absolute atomic E-state index is 0.00181. The van der Waals surface area contributed by atoms with Gasteiger partial charge in [-0.15, -0.1) is 0 Å². The Balaban J connectivity index is 1.30. The van der Waals surface area contributed by atoms with E-state index in [1.54, 1.807) is 6.34 Å². The van der Waals surface area contributed by atoms with Crippen LogP contribution in [0.5, 0.6) is 5.75 Å². The van der Waals surface area contributed by atoms with Crippen molar-refractivity contribution in [2.24, 2.45) is 10.9 Å². The lowest BCUT2D eigenvalue weighted by Gasteiger charge is -2.35. The number of hydrogen-bond acceptors (Lipinski definition) is 5. The summed E-state index contributed by atoms with van der Waals surface area (Å²) >= 11 is 0. The number of ether oxygens (including phenoxy) is 1. The van der Waals surface area contributed by atoms with Crippen LogP contribution in [0.2, 0.25) is 0 Å². The Hall–Kier alpha value is -3.12. The van der Waals surface area contributed by atoms with Crippen LogP contribution in [0.4, 0.5) is 0 Å². The van der Waals surface area contributed by atoms with Crippen molar-refractivity contribution >= 4 is 17.8 Å². The predicted molar refractivity (Wildman–Crippen MR) is 136 cm³/mol. The number of hydrogen-bond donors (Lipinski definition) is 2. The first-order valence-corrected chi connectivity index (χ1v) is 12.1. The normalized spacial score (nSPS) is 20.9. The maximum atomic E-state index is 12.7. The molecular weight excluding hydrogens is 426 g/mol. The van der Waals surface area contributed by atoms with Crippen molar-refractivity contribution in [3.8, 4) is 5.75 Å². The molecule has 2 unspecified atom stereocenters. The van der Waals surface area contributed by atoms with Crippen LogP contribution in [0.1, 0.15) is 54.5 Å². The summed E-state index contributed by atoms with van der Waals surface area (Å²) in [5, 5.41) is 14.2. The Morgan fingerprint density at radius 2 is 1.91 bits per heavy atom. The number of benzene rings is 2. The molecule has 2 aliphatic heterocycles. The first-order valence-electron chi connectivity index (χ1n) is 12.1. The van der Waals surface area contributed by atoms with Crippen LogP contribution in [0.15, 0.2) is 53.7 Å². The molecule has 6 nitrogen and oxygen atoms in total. The molecule has 2 aromatic carbocycles. The van der Waals surface area contributed by atoms with Gasteiger partial charge >= 0.3 is 0 Å². The molecule has 1 amide bonds. The second-order valence-corrected chi connectivity index (χ2v) is 9.43. The van der Waals surface area contributed by atoms with Gasteiger partial charge in [0.05, 0.1) is 18.5 Å². The van der Waals surface area contributed by atoms with Gasteiger partial charge in [0.25, 0.3) is 5.91 Å². The van der Waals surface area contributed by atoms with E-state index in [4.69, 9.17) is 4.74 Å². The van der Waals surface area contributed by atoms with E-state index in [0.29, 0.717) is 19.5 Å². The van der Waals surface area contributed by atoms with Gasteiger partial charge in [-0.2, -0.15) is 0 Å². The van der Waals surface area contributed by atoms with Crippen LogP contribution in [0.3, 0.4) is 0 Å². The van der Waals surface area contributed by atoms with Crippen molar-refractivity contribution in [3.63, 3.8) is 0 Å². The van der Waals surface area contributed by atoms with Gasteiger partial charge in [-0.25, -0.2) is 0 Å². The molecular formula is C28H35N3O3. The highest BCUT2D eigenvalue weighted by molar-refractivity contribution is 5.78. The molecule has 2 N–H and O–H groups in total. The van der Waals surface area contributed by atoms with E-state index in [2.05, 4.69) is 36.3 Å². The summed E-state index contributed by atoms with van der Waals surface area (Å²) < 4.78 is 5.73. The molecule has 0 radical (unpaired) electrons. The molecule has 2 heterocycles. The molecule has 0 aliphatic carbocycles. The zero-order chi connectivity index (χ0) is 24.1. The summed E-state index contributed by atoms with van der Waals surface area (Å²) in [4.78, 5) is 19.2. The number of aliphatic hydroxyl groups is 1. The second kappa shape index (κ2) is 10.9. The van der Waals surface area contributed by atoms with Gasteiger partial charge in [0, 0.05) is 25.7 Å². The van der Waals surface area contributed by atoms with Crippen LogP contribution < -0.4 is 10.1 Å². The molecule has 6 heteroatoms. The molecule has 0 bridgehead atoms. The standard InChI is InChI=1S/C28H35N3O3/c1-19-8-9-23(14-20(19)2)34-17-28(33)31-12-10-22(11-13-31)27(32)15-26-25-7-5-4-6-24(25)21(3)16-29-18-30-26/h4-9,14,16,18,22,26-27,32H,10-13,15,17H2,1-3H3,(H,29,30)/b21-16+. The number of aliphatic imine (C=N–C) groups is 1. The number of likely N-dealkylation sites (tertiary alicyclic amines) is 1. The quantitative estimate of drug-likeness (QED) is 0.669. The van der Waals surface area contributed by atoms with Gasteiger partial charge in [-0.05, 0) is 79.5 Å². The number of carbonyl (C=O) groups is 1. The van der Waals surface area contributed by atoms with Crippen molar-refractivity contribution < 1.29 is 14.6 Å². The van der Waals surface area contributed by atoms with E-state index in [1.807, 2.05) is 48.4 Å². The first kappa shape index (κ1) is 24.0. The molecule has 2 atom stereocenters. The Kier molecular flexibility index (Phi) is 7.68. The van der Waals surface area contributed by atoms with Crippen LogP contribution in [-0.2, 0) is 4.79 Å². The fourth-order valence-corrected chi connectivity index (χ4v) is 4.78. The van der Waals surface area contributed by atoms with Crippen molar-refractivity contribution in [1.82, 2.24) is 10.2 Å². The van der Waals surface area contributed by atoms with Gasteiger partial charge in [0.1, 0.15) is 5.75 Å². The van der Waals surface area contributed by atoms with E-state index < -0.39 is 6.10 Å². The molecule has 34 heavy (non-hydrogen) atoms. The third-order valence-corrected chi connectivity index (χ3v) is 7.12. The van der Waals surface area contributed by atoms with Gasteiger partial charge in [-0.3, -0.25) is 9.79 Å². The number of aryl methyl sites for hydroxylation is 2. The monoisotopic (exact) mass is 461 g/mol. The van der Waals surface area contributed by atoms with E-state index >= 15 is 0 Å². The molecule has 0 spiro atoms. The van der Waals surface area contributed by atoms with E-state index in [1.165, 1.54) is 5.56 Å². The number of rotatable bonds is 6. The van der Waals surface area contributed by atoms with Crippen LogP contribution in [-0.4, -0.2) is 48.1 Å². The van der Waals surface area contributed by atoms with Gasteiger partial charge < -0.3 is 20.1 Å². The first-order chi connectivity index (χ1) is 16.4. The molecule has 4 rings (SSSR count). The Labute approximate surface area is 202 Å². The van der Waals surface area contributed by atoms with Crippen LogP contribution in [0.25, 0.3) is 5.57 Å². The van der Waals surface area contributed by atoms with Crippen LogP contribution >= 0.6 is 0 Å². The van der Waals surface area contributed by atoms with Crippen molar-refractivity contribution in [2.75, 3.05) is 19.7 Å². The average molecular weight is 462 g/mol. The summed E-state index contributed by atoms with van der Waals surface area (Å²) in [6.07, 6.45) is 5.33. The summed E-state index contributed by atoms with van der Waals surface area (Å²) in [6.45, 7) is 7.50. The maximum absolute atomic E-state index is 12.7. The minimum atomic E-state index is -0.469. The third-order valence-electron chi connectivity index (χ3n) is 7.12. The third kappa shape index (κ3) is 5.68. The summed E-state index contributed by atoms with van der Waals surface area (Å²) in [5.41, 5.74) is 5.81. The minimum Gasteiger partial charge on any atom is -0.484 e. The Morgan fingerprint density at radius 1 is 1.15 bits per heavy atom. The number of nitrogens with one attached hydrogen (secondary N) is 1. The molecule has 180 valence electrons. The SMILES string of the molecule is C/C1=C\NC=NC(CC(O)C2CCN(C(=O)COc3ccc(C)c(C)c3)CC2)c2ccccc21. The lowest BCUT2D eigenvalue weighted by molar-refractivity contribution is -0.135. The van der Waals surface area contributed by atoms with E-state index in [0.717, 1.165) is 40.9 Å². The highest BCUT2D eigenvalue weighted by atomic mass is 16.5. The van der Waals surface area contributed by atoms with Crippen molar-refractivity contribution in [3.05, 3.63) is 70.9 Å². The molecule has 2 aliphatic rings. The average Bonchev–Trinajstić information content (AvgIpc) is 2.85. The fraction of sp³-hybridized carbons (Fsp3) is 0.429. The predicted octanol–water partition coefficient (Wildman–Crippen LogP) is 4.41. The number of aliphatic hydroxyl groups excluding tert-OH is 1. The number of fused-ring (bicyclic) bond motifs is 1. The lowest BCUT2D eigenvalue weighted by atomic mass is 9.85. The number of carbonyl (C=O) groups excluding carboxylic acids is 1. The number of piperidine rings is 1. The second-order valence-electron chi connectivity index (χ2n) is 9.43. The zero-order valence-electron chi connectivity index (χ0n) is 20.3. The van der Waals surface area contributed by atoms with E-state index in [9.17, 15) is 9.90 Å². The van der Waals surface area contributed by atoms with Crippen molar-refractivity contribution in [1.29, 1.82) is 0 Å². The molecule has 1 saturated heterocycles. The maximum Gasteiger partial charge on any atom is 0.260 e. The molecule has 2 aromatic rings. The fourth-order valence-electron chi connectivity index (χ4n) is 4.78. The Morgan fingerprint density at radius 3 is 2.68 bits per heavy atom. The van der Waals surface area contributed by atoms with Gasteiger partial charge in [0.15, 0.2) is 6.61 Å².